The Kier molecular flexibility index (Phi) is 6.02. The molecular formula is C14H26N4O. The topological polar surface area (TPSA) is 59.0 Å². The molecule has 0 bridgehead atoms. The number of carbonyl (C=O) groups is 1. The van der Waals surface area contributed by atoms with Gasteiger partial charge in [0.1, 0.15) is 6.54 Å². The molecule has 19 heavy (non-hydrogen) atoms. The maximum atomic E-state index is 11.7. The number of nitrogens with one attached hydrogen (secondary N) is 2. The minimum atomic E-state index is 0.0239. The normalized spacial score (nSPS) is 11.1. The van der Waals surface area contributed by atoms with Gasteiger partial charge in [0.05, 0.1) is 5.69 Å². The zero-order chi connectivity index (χ0) is 14.4. The molecule has 0 spiro atoms. The van der Waals surface area contributed by atoms with E-state index in [1.807, 2.05) is 20.8 Å². The highest BCUT2D eigenvalue weighted by atomic mass is 16.2. The van der Waals surface area contributed by atoms with Crippen molar-refractivity contribution in [3.63, 3.8) is 0 Å². The summed E-state index contributed by atoms with van der Waals surface area (Å²) in [6.07, 6.45) is 0.951. The number of nitrogens with zero attached hydrogens (tertiary/aromatic N) is 2. The summed E-state index contributed by atoms with van der Waals surface area (Å²) in [6, 6.07) is 0.440. The fourth-order valence-electron chi connectivity index (χ4n) is 1.91. The Morgan fingerprint density at radius 3 is 2.63 bits per heavy atom. The molecule has 2 N–H and O–H groups in total. The number of aryl methyl sites for hydroxylation is 1. The molecule has 0 saturated heterocycles. The summed E-state index contributed by atoms with van der Waals surface area (Å²) < 4.78 is 1.79. The first-order chi connectivity index (χ1) is 8.95. The Hall–Kier alpha value is -1.36. The summed E-state index contributed by atoms with van der Waals surface area (Å²) in [7, 11) is 0. The molecule has 1 aromatic rings. The lowest BCUT2D eigenvalue weighted by atomic mass is 10.2. The summed E-state index contributed by atoms with van der Waals surface area (Å²) in [5.41, 5.74) is 3.25. The van der Waals surface area contributed by atoms with Crippen molar-refractivity contribution < 1.29 is 4.79 Å². The third-order valence-corrected chi connectivity index (χ3v) is 3.08. The molecule has 0 saturated carbocycles. The number of carbonyl (C=O) groups excluding carboxylic acids is 1. The first kappa shape index (κ1) is 15.7. The van der Waals surface area contributed by atoms with Gasteiger partial charge in [-0.15, -0.1) is 0 Å². The summed E-state index contributed by atoms with van der Waals surface area (Å²) in [4.78, 5) is 11.7. The second-order valence-corrected chi connectivity index (χ2v) is 5.19. The van der Waals surface area contributed by atoms with Gasteiger partial charge in [0.15, 0.2) is 0 Å². The Morgan fingerprint density at radius 2 is 2.05 bits per heavy atom. The van der Waals surface area contributed by atoms with Gasteiger partial charge in [-0.2, -0.15) is 5.10 Å². The Morgan fingerprint density at radius 1 is 1.37 bits per heavy atom. The number of hydrogen-bond acceptors (Lipinski definition) is 3. The van der Waals surface area contributed by atoms with E-state index in [1.165, 1.54) is 5.56 Å². The lowest BCUT2D eigenvalue weighted by molar-refractivity contribution is -0.121. The zero-order valence-electron chi connectivity index (χ0n) is 12.7. The Bertz CT molecular complexity index is 423. The van der Waals surface area contributed by atoms with Crippen LogP contribution >= 0.6 is 0 Å². The summed E-state index contributed by atoms with van der Waals surface area (Å²) >= 11 is 0. The van der Waals surface area contributed by atoms with E-state index in [0.29, 0.717) is 12.6 Å². The summed E-state index contributed by atoms with van der Waals surface area (Å²) in [5, 5.41) is 10.7. The Labute approximate surface area is 115 Å². The van der Waals surface area contributed by atoms with Gasteiger partial charge in [-0.25, -0.2) is 0 Å². The number of amides is 1. The molecule has 0 unspecified atom stereocenters. The molecule has 1 amide bonds. The highest BCUT2D eigenvalue weighted by molar-refractivity contribution is 5.75. The first-order valence-electron chi connectivity index (χ1n) is 6.98. The van der Waals surface area contributed by atoms with Crippen molar-refractivity contribution in [3.8, 4) is 0 Å². The number of rotatable bonds is 7. The van der Waals surface area contributed by atoms with Gasteiger partial charge in [-0.3, -0.25) is 9.48 Å². The van der Waals surface area contributed by atoms with Crippen LogP contribution < -0.4 is 10.6 Å². The molecule has 1 heterocycles. The van der Waals surface area contributed by atoms with E-state index >= 15 is 0 Å². The van der Waals surface area contributed by atoms with Crippen LogP contribution in [0.15, 0.2) is 0 Å². The first-order valence-corrected chi connectivity index (χ1v) is 6.98. The third kappa shape index (κ3) is 4.67. The molecule has 0 aromatic carbocycles. The van der Waals surface area contributed by atoms with E-state index < -0.39 is 0 Å². The van der Waals surface area contributed by atoms with Crippen molar-refractivity contribution in [2.75, 3.05) is 6.54 Å². The summed E-state index contributed by atoms with van der Waals surface area (Å²) in [6.45, 7) is 12.1. The van der Waals surface area contributed by atoms with Crippen molar-refractivity contribution >= 4 is 5.91 Å². The molecule has 0 aliphatic heterocycles. The zero-order valence-corrected chi connectivity index (χ0v) is 12.7. The standard InChI is InChI=1S/C14H26N4O/c1-6-7-15-14(19)9-18-12(5)13(11(4)17-18)8-16-10(2)3/h10,16H,6-9H2,1-5H3,(H,15,19). The van der Waals surface area contributed by atoms with Crippen LogP contribution in [0, 0.1) is 13.8 Å². The highest BCUT2D eigenvalue weighted by Crippen LogP contribution is 2.12. The average molecular weight is 266 g/mol. The lowest BCUT2D eigenvalue weighted by Gasteiger charge is -2.09. The van der Waals surface area contributed by atoms with Gasteiger partial charge in [-0.1, -0.05) is 20.8 Å². The van der Waals surface area contributed by atoms with Crippen LogP contribution in [0.2, 0.25) is 0 Å². The van der Waals surface area contributed by atoms with E-state index in [-0.39, 0.29) is 5.91 Å². The molecule has 5 nitrogen and oxygen atoms in total. The van der Waals surface area contributed by atoms with Crippen LogP contribution in [0.25, 0.3) is 0 Å². The second-order valence-electron chi connectivity index (χ2n) is 5.19. The molecule has 0 radical (unpaired) electrons. The minimum absolute atomic E-state index is 0.0239. The molecule has 0 aliphatic carbocycles. The quantitative estimate of drug-likeness (QED) is 0.787. The van der Waals surface area contributed by atoms with E-state index in [1.54, 1.807) is 4.68 Å². The lowest BCUT2D eigenvalue weighted by Crippen LogP contribution is -2.29. The third-order valence-electron chi connectivity index (χ3n) is 3.08. The maximum Gasteiger partial charge on any atom is 0.241 e. The number of aromatic nitrogens is 2. The molecule has 5 heteroatoms. The van der Waals surface area contributed by atoms with Gasteiger partial charge in [-0.05, 0) is 20.3 Å². The highest BCUT2D eigenvalue weighted by Gasteiger charge is 2.13. The molecule has 1 aromatic heterocycles. The van der Waals surface area contributed by atoms with Gasteiger partial charge >= 0.3 is 0 Å². The van der Waals surface area contributed by atoms with Crippen LogP contribution in [-0.4, -0.2) is 28.3 Å². The van der Waals surface area contributed by atoms with Crippen molar-refractivity contribution in [3.05, 3.63) is 17.0 Å². The fourth-order valence-corrected chi connectivity index (χ4v) is 1.91. The predicted molar refractivity (Wildman–Crippen MR) is 77.0 cm³/mol. The van der Waals surface area contributed by atoms with E-state index in [2.05, 4.69) is 29.6 Å². The van der Waals surface area contributed by atoms with E-state index in [9.17, 15) is 4.79 Å². The van der Waals surface area contributed by atoms with Crippen molar-refractivity contribution in [1.82, 2.24) is 20.4 Å². The molecule has 1 rings (SSSR count). The van der Waals surface area contributed by atoms with Crippen LogP contribution in [0.4, 0.5) is 0 Å². The van der Waals surface area contributed by atoms with Crippen LogP contribution in [0.1, 0.15) is 44.1 Å². The van der Waals surface area contributed by atoms with Crippen LogP contribution in [-0.2, 0) is 17.9 Å². The Balaban J connectivity index is 2.70. The smallest absolute Gasteiger partial charge is 0.241 e. The van der Waals surface area contributed by atoms with Gasteiger partial charge < -0.3 is 10.6 Å². The predicted octanol–water partition coefficient (Wildman–Crippen LogP) is 1.52. The van der Waals surface area contributed by atoms with Crippen LogP contribution in [0.5, 0.6) is 0 Å². The molecule has 0 aliphatic rings. The van der Waals surface area contributed by atoms with Crippen molar-refractivity contribution in [2.24, 2.45) is 0 Å². The maximum absolute atomic E-state index is 11.7. The number of hydrogen-bond donors (Lipinski definition) is 2. The van der Waals surface area contributed by atoms with Gasteiger partial charge in [0.25, 0.3) is 0 Å². The van der Waals surface area contributed by atoms with Crippen molar-refractivity contribution in [1.29, 1.82) is 0 Å². The van der Waals surface area contributed by atoms with E-state index in [0.717, 1.165) is 30.9 Å². The second kappa shape index (κ2) is 7.28. The molecule has 108 valence electrons. The van der Waals surface area contributed by atoms with Gasteiger partial charge in [0, 0.05) is 30.4 Å². The van der Waals surface area contributed by atoms with E-state index in [4.69, 9.17) is 0 Å². The SMILES string of the molecule is CCCNC(=O)Cn1nc(C)c(CNC(C)C)c1C. The van der Waals surface area contributed by atoms with Gasteiger partial charge in [0.2, 0.25) is 5.91 Å². The summed E-state index contributed by atoms with van der Waals surface area (Å²) in [5.74, 6) is 0.0239. The molecule has 0 atom stereocenters. The minimum Gasteiger partial charge on any atom is -0.355 e. The largest absolute Gasteiger partial charge is 0.355 e. The van der Waals surface area contributed by atoms with Crippen LogP contribution in [0.3, 0.4) is 0 Å². The van der Waals surface area contributed by atoms with Crippen molar-refractivity contribution in [2.45, 2.75) is 60.2 Å². The molecular weight excluding hydrogens is 240 g/mol. The fraction of sp³-hybridized carbons (Fsp3) is 0.714. The molecule has 0 fully saturated rings. The monoisotopic (exact) mass is 266 g/mol. The average Bonchev–Trinajstić information content (AvgIpc) is 2.59.